The highest BCUT2D eigenvalue weighted by atomic mass is 19.1. The Morgan fingerprint density at radius 1 is 1.04 bits per heavy atom. The van der Waals surface area contributed by atoms with Gasteiger partial charge in [-0.05, 0) is 56.6 Å². The lowest BCUT2D eigenvalue weighted by Crippen LogP contribution is -2.37. The van der Waals surface area contributed by atoms with Crippen molar-refractivity contribution in [2.24, 2.45) is 5.92 Å². The lowest BCUT2D eigenvalue weighted by Gasteiger charge is -2.31. The highest BCUT2D eigenvalue weighted by Gasteiger charge is 2.25. The Labute approximate surface area is 148 Å². The number of nitrogens with zero attached hydrogens (tertiary/aromatic N) is 1. The van der Waals surface area contributed by atoms with E-state index in [-0.39, 0.29) is 17.5 Å². The van der Waals surface area contributed by atoms with Crippen molar-refractivity contribution in [3.8, 4) is 5.75 Å². The standard InChI is InChI=1S/C21H24FNO2/c22-19-7-9-20(10-8-19)25-16-4-13-23-14-11-18(12-15-23)21(24)17-5-2-1-3-6-17/h1-3,5-10,18H,4,11-16H2. The van der Waals surface area contributed by atoms with Gasteiger partial charge in [-0.3, -0.25) is 4.79 Å². The fourth-order valence-electron chi connectivity index (χ4n) is 3.27. The summed E-state index contributed by atoms with van der Waals surface area (Å²) in [7, 11) is 0. The Bertz CT molecular complexity index is 664. The fraction of sp³-hybridized carbons (Fsp3) is 0.381. The zero-order chi connectivity index (χ0) is 17.5. The number of carbonyl (C=O) groups is 1. The minimum Gasteiger partial charge on any atom is -0.494 e. The molecule has 25 heavy (non-hydrogen) atoms. The molecule has 0 unspecified atom stereocenters. The van der Waals surface area contributed by atoms with Gasteiger partial charge in [0, 0.05) is 18.0 Å². The van der Waals surface area contributed by atoms with Gasteiger partial charge in [0.05, 0.1) is 6.61 Å². The lowest BCUT2D eigenvalue weighted by atomic mass is 9.89. The maximum Gasteiger partial charge on any atom is 0.166 e. The molecule has 0 aliphatic carbocycles. The molecule has 4 heteroatoms. The van der Waals surface area contributed by atoms with E-state index in [0.29, 0.717) is 12.4 Å². The topological polar surface area (TPSA) is 29.5 Å². The third-order valence-electron chi connectivity index (χ3n) is 4.72. The number of carbonyl (C=O) groups excluding carboxylic acids is 1. The van der Waals surface area contributed by atoms with Gasteiger partial charge in [0.2, 0.25) is 0 Å². The van der Waals surface area contributed by atoms with Crippen LogP contribution in [0.2, 0.25) is 0 Å². The number of hydrogen-bond donors (Lipinski definition) is 0. The fourth-order valence-corrected chi connectivity index (χ4v) is 3.27. The zero-order valence-corrected chi connectivity index (χ0v) is 14.4. The van der Waals surface area contributed by atoms with Crippen LogP contribution in [0.5, 0.6) is 5.75 Å². The molecule has 0 spiro atoms. The van der Waals surface area contributed by atoms with Crippen molar-refractivity contribution in [2.45, 2.75) is 19.3 Å². The van der Waals surface area contributed by atoms with Crippen LogP contribution >= 0.6 is 0 Å². The molecule has 0 radical (unpaired) electrons. The Morgan fingerprint density at radius 3 is 2.40 bits per heavy atom. The van der Waals surface area contributed by atoms with Gasteiger partial charge in [0.15, 0.2) is 5.78 Å². The normalized spacial score (nSPS) is 15.9. The molecule has 0 saturated carbocycles. The number of likely N-dealkylation sites (tertiary alicyclic amines) is 1. The molecule has 2 aromatic carbocycles. The van der Waals surface area contributed by atoms with Crippen molar-refractivity contribution >= 4 is 5.78 Å². The predicted molar refractivity (Wildman–Crippen MR) is 96.4 cm³/mol. The Balaban J connectivity index is 1.35. The SMILES string of the molecule is O=C(c1ccccc1)C1CCN(CCCOc2ccc(F)cc2)CC1. The first-order valence-corrected chi connectivity index (χ1v) is 8.92. The summed E-state index contributed by atoms with van der Waals surface area (Å²) in [5, 5.41) is 0. The second-order valence-electron chi connectivity index (χ2n) is 6.50. The highest BCUT2D eigenvalue weighted by molar-refractivity contribution is 5.97. The number of rotatable bonds is 7. The lowest BCUT2D eigenvalue weighted by molar-refractivity contribution is 0.0835. The van der Waals surface area contributed by atoms with E-state index in [0.717, 1.165) is 44.5 Å². The van der Waals surface area contributed by atoms with Crippen LogP contribution in [0.4, 0.5) is 4.39 Å². The third-order valence-corrected chi connectivity index (χ3v) is 4.72. The first kappa shape index (κ1) is 17.6. The molecule has 2 aromatic rings. The highest BCUT2D eigenvalue weighted by Crippen LogP contribution is 2.22. The molecule has 0 aromatic heterocycles. The van der Waals surface area contributed by atoms with Crippen molar-refractivity contribution in [3.63, 3.8) is 0 Å². The number of ether oxygens (including phenoxy) is 1. The molecular formula is C21H24FNO2. The minimum absolute atomic E-state index is 0.147. The van der Waals surface area contributed by atoms with Crippen LogP contribution in [-0.2, 0) is 0 Å². The number of benzene rings is 2. The third kappa shape index (κ3) is 5.13. The number of piperidine rings is 1. The molecule has 1 aliphatic heterocycles. The monoisotopic (exact) mass is 341 g/mol. The first-order valence-electron chi connectivity index (χ1n) is 8.92. The molecule has 0 atom stereocenters. The van der Waals surface area contributed by atoms with Crippen LogP contribution < -0.4 is 4.74 Å². The Hall–Kier alpha value is -2.20. The van der Waals surface area contributed by atoms with Crippen molar-refractivity contribution < 1.29 is 13.9 Å². The Morgan fingerprint density at radius 2 is 1.72 bits per heavy atom. The van der Waals surface area contributed by atoms with E-state index >= 15 is 0 Å². The molecule has 0 N–H and O–H groups in total. The van der Waals surface area contributed by atoms with Crippen LogP contribution in [-0.4, -0.2) is 36.9 Å². The second kappa shape index (κ2) is 8.77. The van der Waals surface area contributed by atoms with Gasteiger partial charge in [0.1, 0.15) is 11.6 Å². The average Bonchev–Trinajstić information content (AvgIpc) is 2.67. The average molecular weight is 341 g/mol. The van der Waals surface area contributed by atoms with Gasteiger partial charge in [0.25, 0.3) is 0 Å². The van der Waals surface area contributed by atoms with E-state index in [1.54, 1.807) is 12.1 Å². The summed E-state index contributed by atoms with van der Waals surface area (Å²) in [5.74, 6) is 0.878. The van der Waals surface area contributed by atoms with Crippen molar-refractivity contribution in [2.75, 3.05) is 26.2 Å². The van der Waals surface area contributed by atoms with Crippen molar-refractivity contribution in [1.82, 2.24) is 4.90 Å². The van der Waals surface area contributed by atoms with E-state index in [9.17, 15) is 9.18 Å². The van der Waals surface area contributed by atoms with Crippen LogP contribution in [0.1, 0.15) is 29.6 Å². The molecule has 3 nitrogen and oxygen atoms in total. The maximum atomic E-state index is 12.8. The molecule has 3 rings (SSSR count). The van der Waals surface area contributed by atoms with E-state index in [2.05, 4.69) is 4.90 Å². The van der Waals surface area contributed by atoms with E-state index in [1.807, 2.05) is 30.3 Å². The molecule has 1 aliphatic rings. The van der Waals surface area contributed by atoms with Crippen LogP contribution in [0.25, 0.3) is 0 Å². The molecule has 1 saturated heterocycles. The molecule has 1 fully saturated rings. The molecule has 0 amide bonds. The number of Topliss-reactive ketones (excluding diaryl/α,β-unsaturated/α-hetero) is 1. The number of halogens is 1. The summed E-state index contributed by atoms with van der Waals surface area (Å²) < 4.78 is 18.5. The van der Waals surface area contributed by atoms with Gasteiger partial charge in [-0.2, -0.15) is 0 Å². The van der Waals surface area contributed by atoms with E-state index in [4.69, 9.17) is 4.74 Å². The van der Waals surface area contributed by atoms with Gasteiger partial charge in [-0.25, -0.2) is 4.39 Å². The van der Waals surface area contributed by atoms with Crippen molar-refractivity contribution in [1.29, 1.82) is 0 Å². The second-order valence-corrected chi connectivity index (χ2v) is 6.50. The molecule has 0 bridgehead atoms. The van der Waals surface area contributed by atoms with E-state index < -0.39 is 0 Å². The van der Waals surface area contributed by atoms with Crippen LogP contribution in [0, 0.1) is 11.7 Å². The smallest absolute Gasteiger partial charge is 0.166 e. The molecule has 132 valence electrons. The first-order chi connectivity index (χ1) is 12.2. The number of hydrogen-bond acceptors (Lipinski definition) is 3. The summed E-state index contributed by atoms with van der Waals surface area (Å²) >= 11 is 0. The Kier molecular flexibility index (Phi) is 6.18. The van der Waals surface area contributed by atoms with E-state index in [1.165, 1.54) is 12.1 Å². The quantitative estimate of drug-likeness (QED) is 0.559. The molecular weight excluding hydrogens is 317 g/mol. The summed E-state index contributed by atoms with van der Waals surface area (Å²) in [6, 6.07) is 15.7. The van der Waals surface area contributed by atoms with Gasteiger partial charge >= 0.3 is 0 Å². The molecule has 1 heterocycles. The van der Waals surface area contributed by atoms with Gasteiger partial charge in [-0.15, -0.1) is 0 Å². The summed E-state index contributed by atoms with van der Waals surface area (Å²) in [6.45, 7) is 3.50. The van der Waals surface area contributed by atoms with Gasteiger partial charge < -0.3 is 9.64 Å². The summed E-state index contributed by atoms with van der Waals surface area (Å²) in [6.07, 6.45) is 2.77. The van der Waals surface area contributed by atoms with Gasteiger partial charge in [-0.1, -0.05) is 30.3 Å². The zero-order valence-electron chi connectivity index (χ0n) is 14.4. The minimum atomic E-state index is -0.250. The van der Waals surface area contributed by atoms with Crippen molar-refractivity contribution in [3.05, 3.63) is 66.0 Å². The maximum absolute atomic E-state index is 12.8. The summed E-state index contributed by atoms with van der Waals surface area (Å²) in [4.78, 5) is 14.9. The largest absolute Gasteiger partial charge is 0.494 e. The summed E-state index contributed by atoms with van der Waals surface area (Å²) in [5.41, 5.74) is 0.827. The van der Waals surface area contributed by atoms with Crippen LogP contribution in [0.15, 0.2) is 54.6 Å². The number of ketones is 1. The van der Waals surface area contributed by atoms with Crippen LogP contribution in [0.3, 0.4) is 0 Å². The predicted octanol–water partition coefficient (Wildman–Crippen LogP) is 4.19.